The van der Waals surface area contributed by atoms with Crippen LogP contribution in [0.1, 0.15) is 11.7 Å². The van der Waals surface area contributed by atoms with E-state index < -0.39 is 0 Å². The molecule has 9 nitrogen and oxygen atoms in total. The van der Waals surface area contributed by atoms with Gasteiger partial charge in [0.25, 0.3) is 0 Å². The molecule has 1 aliphatic rings. The fourth-order valence-corrected chi connectivity index (χ4v) is 4.25. The summed E-state index contributed by atoms with van der Waals surface area (Å²) < 4.78 is 5.94. The monoisotopic (exact) mass is 481 g/mol. The fraction of sp³-hybridized carbons (Fsp3) is 0.185. The average Bonchev–Trinajstić information content (AvgIpc) is 2.93. The van der Waals surface area contributed by atoms with Crippen molar-refractivity contribution in [1.82, 2.24) is 20.3 Å². The van der Waals surface area contributed by atoms with Crippen LogP contribution in [0.4, 0.5) is 17.3 Å². The van der Waals surface area contributed by atoms with E-state index in [4.69, 9.17) is 15.5 Å². The summed E-state index contributed by atoms with van der Waals surface area (Å²) in [6.45, 7) is 5.47. The Morgan fingerprint density at radius 3 is 2.83 bits per heavy atom. The molecule has 0 radical (unpaired) electrons. The van der Waals surface area contributed by atoms with Crippen LogP contribution in [0.15, 0.2) is 79.6 Å². The van der Waals surface area contributed by atoms with Crippen molar-refractivity contribution < 1.29 is 9.53 Å². The van der Waals surface area contributed by atoms with Crippen molar-refractivity contribution in [1.29, 1.82) is 0 Å². The second-order valence-corrected chi connectivity index (χ2v) is 8.39. The molecule has 2 aromatic carbocycles. The van der Waals surface area contributed by atoms with Crippen molar-refractivity contribution in [3.63, 3.8) is 0 Å². The molecule has 3 heterocycles. The first-order valence-corrected chi connectivity index (χ1v) is 11.7. The van der Waals surface area contributed by atoms with E-state index in [-0.39, 0.29) is 18.1 Å². The van der Waals surface area contributed by atoms with Gasteiger partial charge in [0.1, 0.15) is 0 Å². The Bertz CT molecular complexity index is 1390. The lowest BCUT2D eigenvalue weighted by Gasteiger charge is -2.32. The third-order valence-corrected chi connectivity index (χ3v) is 6.02. The summed E-state index contributed by atoms with van der Waals surface area (Å²) in [6, 6.07) is 17.5. The number of carbonyl (C=O) groups is 1. The zero-order valence-electron chi connectivity index (χ0n) is 19.6. The summed E-state index contributed by atoms with van der Waals surface area (Å²) >= 11 is 0. The maximum absolute atomic E-state index is 11.7. The van der Waals surface area contributed by atoms with Crippen molar-refractivity contribution in [3.05, 3.63) is 85.2 Å². The molecule has 0 bridgehead atoms. The number of rotatable bonds is 7. The van der Waals surface area contributed by atoms with Gasteiger partial charge in [-0.15, -0.1) is 0 Å². The number of nitrogens with one attached hydrogen (secondary N) is 3. The third-order valence-electron chi connectivity index (χ3n) is 6.02. The number of hydrogen-bond acceptors (Lipinski definition) is 8. The number of carbonyl (C=O) groups excluding carboxylic acids is 1. The minimum atomic E-state index is -0.283. The molecule has 9 heteroatoms. The highest BCUT2D eigenvalue weighted by atomic mass is 16.5. The molecule has 1 saturated heterocycles. The van der Waals surface area contributed by atoms with E-state index in [2.05, 4.69) is 32.5 Å². The van der Waals surface area contributed by atoms with Crippen LogP contribution in [0.25, 0.3) is 22.2 Å². The van der Waals surface area contributed by atoms with Crippen LogP contribution < -0.4 is 21.7 Å². The van der Waals surface area contributed by atoms with Gasteiger partial charge in [0.05, 0.1) is 23.9 Å². The Balaban J connectivity index is 1.40. The highest BCUT2D eigenvalue weighted by molar-refractivity contribution is 5.99. The molecule has 4 aromatic rings. The molecule has 0 aliphatic carbocycles. The quantitative estimate of drug-likeness (QED) is 0.295. The Morgan fingerprint density at radius 1 is 1.17 bits per heavy atom. The third kappa shape index (κ3) is 5.08. The highest BCUT2D eigenvalue weighted by Gasteiger charge is 2.25. The predicted molar refractivity (Wildman–Crippen MR) is 141 cm³/mol. The lowest BCUT2D eigenvalue weighted by atomic mass is 10.0. The van der Waals surface area contributed by atoms with Gasteiger partial charge in [-0.2, -0.15) is 0 Å². The predicted octanol–water partition coefficient (Wildman–Crippen LogP) is 3.55. The number of benzene rings is 2. The number of morpholine rings is 1. The number of para-hydroxylation sites is 1. The van der Waals surface area contributed by atoms with Gasteiger partial charge in [-0.3, -0.25) is 9.78 Å². The van der Waals surface area contributed by atoms with Gasteiger partial charge < -0.3 is 26.4 Å². The molecule has 2 aromatic heterocycles. The second-order valence-electron chi connectivity index (χ2n) is 8.39. The SMILES string of the molecule is C=CC(=O)Nc1ccnc(-c2cccc3cnc(Nc4ccc(C5OCCNC5CN)cc4)nc23)c1. The molecule has 2 unspecified atom stereocenters. The average molecular weight is 482 g/mol. The van der Waals surface area contributed by atoms with Crippen LogP contribution in [0.5, 0.6) is 0 Å². The molecule has 5 rings (SSSR count). The van der Waals surface area contributed by atoms with E-state index in [1.165, 1.54) is 6.08 Å². The van der Waals surface area contributed by atoms with E-state index in [1.807, 2.05) is 42.5 Å². The van der Waals surface area contributed by atoms with E-state index in [0.717, 1.165) is 34.3 Å². The Hall–Kier alpha value is -4.18. The molecule has 1 aliphatic heterocycles. The standard InChI is InChI=1S/C27H27N7O2/c1-2-24(35)32-20-10-11-29-22(14-20)21-5-3-4-18-16-31-27(34-25(18)21)33-19-8-6-17(7-9-19)26-23(15-28)30-12-13-36-26/h2-11,14,16,23,26,30H,1,12-13,15,28H2,(H,29,32,35)(H,31,33,34). The molecule has 36 heavy (non-hydrogen) atoms. The number of hydrogen-bond donors (Lipinski definition) is 4. The van der Waals surface area contributed by atoms with Crippen molar-refractivity contribution in [3.8, 4) is 11.3 Å². The lowest BCUT2D eigenvalue weighted by molar-refractivity contribution is -0.111. The molecular weight excluding hydrogens is 454 g/mol. The molecule has 0 spiro atoms. The molecule has 182 valence electrons. The maximum Gasteiger partial charge on any atom is 0.247 e. The van der Waals surface area contributed by atoms with Crippen molar-refractivity contribution in [2.45, 2.75) is 12.1 Å². The summed E-state index contributed by atoms with van der Waals surface area (Å²) in [5, 5.41) is 10.3. The molecule has 2 atom stereocenters. The Morgan fingerprint density at radius 2 is 2.03 bits per heavy atom. The summed E-state index contributed by atoms with van der Waals surface area (Å²) in [5.74, 6) is 0.184. The van der Waals surface area contributed by atoms with E-state index >= 15 is 0 Å². The van der Waals surface area contributed by atoms with Gasteiger partial charge in [0.15, 0.2) is 0 Å². The fourth-order valence-electron chi connectivity index (χ4n) is 4.25. The number of pyridine rings is 1. The van der Waals surface area contributed by atoms with Gasteiger partial charge in [-0.25, -0.2) is 9.97 Å². The minimum Gasteiger partial charge on any atom is -0.371 e. The van der Waals surface area contributed by atoms with Gasteiger partial charge in [-0.1, -0.05) is 36.9 Å². The van der Waals surface area contributed by atoms with E-state index in [0.29, 0.717) is 30.5 Å². The topological polar surface area (TPSA) is 127 Å². The molecule has 1 fully saturated rings. The Kier molecular flexibility index (Phi) is 6.94. The molecular formula is C27H27N7O2. The normalized spacial score (nSPS) is 17.5. The van der Waals surface area contributed by atoms with Crippen LogP contribution in [0, 0.1) is 0 Å². The number of nitrogens with zero attached hydrogens (tertiary/aromatic N) is 3. The highest BCUT2D eigenvalue weighted by Crippen LogP contribution is 2.29. The molecule has 5 N–H and O–H groups in total. The van der Waals surface area contributed by atoms with E-state index in [1.54, 1.807) is 24.5 Å². The number of fused-ring (bicyclic) bond motifs is 1. The minimum absolute atomic E-state index is 0.0724. The number of ether oxygens (including phenoxy) is 1. The zero-order chi connectivity index (χ0) is 24.9. The first-order valence-electron chi connectivity index (χ1n) is 11.7. The Labute approximate surface area is 208 Å². The first kappa shape index (κ1) is 23.6. The first-order chi connectivity index (χ1) is 17.6. The summed E-state index contributed by atoms with van der Waals surface area (Å²) in [7, 11) is 0. The van der Waals surface area contributed by atoms with Crippen molar-refractivity contribution in [2.75, 3.05) is 30.3 Å². The van der Waals surface area contributed by atoms with Gasteiger partial charge in [0, 0.05) is 53.8 Å². The van der Waals surface area contributed by atoms with E-state index in [9.17, 15) is 4.79 Å². The van der Waals surface area contributed by atoms with Crippen molar-refractivity contribution >= 4 is 34.1 Å². The number of nitrogens with two attached hydrogens (primary N) is 1. The number of aromatic nitrogens is 3. The van der Waals surface area contributed by atoms with Crippen molar-refractivity contribution in [2.24, 2.45) is 5.73 Å². The molecule has 0 saturated carbocycles. The largest absolute Gasteiger partial charge is 0.371 e. The maximum atomic E-state index is 11.7. The number of anilines is 3. The summed E-state index contributed by atoms with van der Waals surface area (Å²) in [6.07, 6.45) is 4.58. The lowest BCUT2D eigenvalue weighted by Crippen LogP contribution is -2.47. The zero-order valence-corrected chi connectivity index (χ0v) is 19.6. The summed E-state index contributed by atoms with van der Waals surface area (Å²) in [4.78, 5) is 25.5. The summed E-state index contributed by atoms with van der Waals surface area (Å²) in [5.41, 5.74) is 10.7. The smallest absolute Gasteiger partial charge is 0.247 e. The van der Waals surface area contributed by atoms with Gasteiger partial charge in [-0.05, 0) is 35.9 Å². The second kappa shape index (κ2) is 10.6. The van der Waals surface area contributed by atoms with Gasteiger partial charge >= 0.3 is 0 Å². The van der Waals surface area contributed by atoms with Crippen LogP contribution in [-0.2, 0) is 9.53 Å². The van der Waals surface area contributed by atoms with Crippen LogP contribution in [-0.4, -0.2) is 46.6 Å². The van der Waals surface area contributed by atoms with Crippen LogP contribution in [0.2, 0.25) is 0 Å². The van der Waals surface area contributed by atoms with Crippen LogP contribution in [0.3, 0.4) is 0 Å². The molecule has 1 amide bonds. The van der Waals surface area contributed by atoms with Crippen LogP contribution >= 0.6 is 0 Å². The van der Waals surface area contributed by atoms with Gasteiger partial charge in [0.2, 0.25) is 11.9 Å². The number of amides is 1.